The van der Waals surface area contributed by atoms with Gasteiger partial charge < -0.3 is 11.1 Å². The first-order valence-electron chi connectivity index (χ1n) is 5.42. The molecule has 0 aromatic carbocycles. The van der Waals surface area contributed by atoms with Crippen LogP contribution in [0.3, 0.4) is 0 Å². The average molecular weight is 223 g/mol. The average Bonchev–Trinajstić information content (AvgIpc) is 2.30. The fraction of sp³-hybridized carbons (Fsp3) is 0.545. The molecular weight excluding hydrogens is 206 g/mol. The van der Waals surface area contributed by atoms with Crippen LogP contribution in [-0.4, -0.2) is 23.3 Å². The topological polar surface area (TPSA) is 50.9 Å². The molecule has 0 saturated carbocycles. The Balaban J connectivity index is 1.79. The highest BCUT2D eigenvalue weighted by Gasteiger charge is 2.12. The molecular formula is C11H17N3S. The quantitative estimate of drug-likeness (QED) is 0.768. The Hall–Kier alpha value is -0.740. The highest BCUT2D eigenvalue weighted by molar-refractivity contribution is 7.99. The molecule has 1 atom stereocenters. The summed E-state index contributed by atoms with van der Waals surface area (Å²) in [5.74, 6) is 1.11. The minimum Gasteiger partial charge on any atom is -0.397 e. The number of hydrogen-bond donors (Lipinski definition) is 2. The predicted octanol–water partition coefficient (Wildman–Crippen LogP) is 1.90. The van der Waals surface area contributed by atoms with E-state index in [1.807, 2.05) is 12.1 Å². The van der Waals surface area contributed by atoms with Crippen molar-refractivity contribution in [3.05, 3.63) is 18.3 Å². The van der Waals surface area contributed by atoms with Crippen molar-refractivity contribution in [2.24, 2.45) is 0 Å². The van der Waals surface area contributed by atoms with Gasteiger partial charge in [-0.15, -0.1) is 11.8 Å². The molecule has 1 fully saturated rings. The molecule has 82 valence electrons. The molecule has 2 rings (SSSR count). The number of anilines is 1. The van der Waals surface area contributed by atoms with Crippen LogP contribution in [0.2, 0.25) is 0 Å². The third-order valence-electron chi connectivity index (χ3n) is 2.60. The van der Waals surface area contributed by atoms with Gasteiger partial charge in [0.25, 0.3) is 0 Å². The Bertz CT molecular complexity index is 293. The molecule has 2 heterocycles. The van der Waals surface area contributed by atoms with Crippen LogP contribution in [0.4, 0.5) is 5.69 Å². The molecule has 3 N–H and O–H groups in total. The van der Waals surface area contributed by atoms with Crippen molar-refractivity contribution in [3.63, 3.8) is 0 Å². The highest BCUT2D eigenvalue weighted by Crippen LogP contribution is 2.19. The molecule has 0 radical (unpaired) electrons. The van der Waals surface area contributed by atoms with Gasteiger partial charge in [-0.25, -0.2) is 4.98 Å². The second-order valence-electron chi connectivity index (χ2n) is 3.89. The van der Waals surface area contributed by atoms with E-state index in [0.717, 1.165) is 16.5 Å². The summed E-state index contributed by atoms with van der Waals surface area (Å²) in [4.78, 5) is 4.27. The molecule has 15 heavy (non-hydrogen) atoms. The number of nitrogen functional groups attached to an aromatic ring is 1. The first kappa shape index (κ1) is 10.8. The minimum atomic E-state index is 0.656. The lowest BCUT2D eigenvalue weighted by molar-refractivity contribution is 0.430. The van der Waals surface area contributed by atoms with Crippen LogP contribution in [0.25, 0.3) is 0 Å². The zero-order valence-corrected chi connectivity index (χ0v) is 9.59. The highest BCUT2D eigenvalue weighted by atomic mass is 32.2. The van der Waals surface area contributed by atoms with Crippen molar-refractivity contribution >= 4 is 17.4 Å². The van der Waals surface area contributed by atoms with Crippen molar-refractivity contribution in [3.8, 4) is 0 Å². The molecule has 0 amide bonds. The predicted molar refractivity (Wildman–Crippen MR) is 65.0 cm³/mol. The summed E-state index contributed by atoms with van der Waals surface area (Å²) in [5.41, 5.74) is 6.31. The summed E-state index contributed by atoms with van der Waals surface area (Å²) >= 11 is 1.81. The molecule has 1 aliphatic heterocycles. The van der Waals surface area contributed by atoms with E-state index < -0.39 is 0 Å². The molecule has 3 nitrogen and oxygen atoms in total. The standard InChI is InChI=1S/C11H17N3S/c12-9-4-5-11(14-7-9)15-8-10-3-1-2-6-13-10/h4-5,7,10,13H,1-3,6,8,12H2. The van der Waals surface area contributed by atoms with Gasteiger partial charge in [-0.1, -0.05) is 6.42 Å². The monoisotopic (exact) mass is 223 g/mol. The molecule has 0 aliphatic carbocycles. The lowest BCUT2D eigenvalue weighted by Gasteiger charge is -2.22. The van der Waals surface area contributed by atoms with Crippen LogP contribution < -0.4 is 11.1 Å². The van der Waals surface area contributed by atoms with Crippen molar-refractivity contribution in [2.45, 2.75) is 30.3 Å². The largest absolute Gasteiger partial charge is 0.397 e. The maximum absolute atomic E-state index is 5.58. The first-order valence-corrected chi connectivity index (χ1v) is 6.41. The second kappa shape index (κ2) is 5.37. The van der Waals surface area contributed by atoms with Gasteiger partial charge in [-0.3, -0.25) is 0 Å². The summed E-state index contributed by atoms with van der Waals surface area (Å²) in [6, 6.07) is 4.55. The number of pyridine rings is 1. The number of nitrogens with two attached hydrogens (primary N) is 1. The van der Waals surface area contributed by atoms with E-state index in [2.05, 4.69) is 10.3 Å². The fourth-order valence-corrected chi connectivity index (χ4v) is 2.68. The van der Waals surface area contributed by atoms with E-state index in [1.165, 1.54) is 25.8 Å². The SMILES string of the molecule is Nc1ccc(SCC2CCCCN2)nc1. The van der Waals surface area contributed by atoms with Crippen LogP contribution >= 0.6 is 11.8 Å². The number of piperidine rings is 1. The molecule has 1 aromatic rings. The van der Waals surface area contributed by atoms with Gasteiger partial charge in [0.1, 0.15) is 0 Å². The molecule has 1 unspecified atom stereocenters. The van der Waals surface area contributed by atoms with Crippen molar-refractivity contribution in [1.82, 2.24) is 10.3 Å². The third kappa shape index (κ3) is 3.39. The molecule has 1 aliphatic rings. The van der Waals surface area contributed by atoms with Crippen molar-refractivity contribution in [2.75, 3.05) is 18.0 Å². The molecule has 1 saturated heterocycles. The van der Waals surface area contributed by atoms with Gasteiger partial charge in [0.05, 0.1) is 16.9 Å². The fourth-order valence-electron chi connectivity index (χ4n) is 1.73. The lowest BCUT2D eigenvalue weighted by atomic mass is 10.1. The van der Waals surface area contributed by atoms with E-state index in [-0.39, 0.29) is 0 Å². The zero-order valence-electron chi connectivity index (χ0n) is 8.78. The van der Waals surface area contributed by atoms with Crippen LogP contribution in [0.1, 0.15) is 19.3 Å². The normalized spacial score (nSPS) is 21.5. The summed E-state index contributed by atoms with van der Waals surface area (Å²) in [6.45, 7) is 1.17. The number of rotatable bonds is 3. The number of nitrogens with zero attached hydrogens (tertiary/aromatic N) is 1. The first-order chi connectivity index (χ1) is 7.34. The second-order valence-corrected chi connectivity index (χ2v) is 4.93. The van der Waals surface area contributed by atoms with Gasteiger partial charge in [0.15, 0.2) is 0 Å². The zero-order chi connectivity index (χ0) is 10.5. The number of aromatic nitrogens is 1. The number of hydrogen-bond acceptors (Lipinski definition) is 4. The number of nitrogens with one attached hydrogen (secondary N) is 1. The summed E-state index contributed by atoms with van der Waals surface area (Å²) in [6.07, 6.45) is 5.69. The van der Waals surface area contributed by atoms with Crippen LogP contribution in [0.15, 0.2) is 23.4 Å². The maximum Gasteiger partial charge on any atom is 0.0962 e. The molecule has 0 spiro atoms. The van der Waals surface area contributed by atoms with E-state index >= 15 is 0 Å². The Morgan fingerprint density at radius 2 is 2.40 bits per heavy atom. The summed E-state index contributed by atoms with van der Waals surface area (Å²) in [7, 11) is 0. The van der Waals surface area contributed by atoms with Gasteiger partial charge in [-0.2, -0.15) is 0 Å². The van der Waals surface area contributed by atoms with Crippen LogP contribution in [0.5, 0.6) is 0 Å². The third-order valence-corrected chi connectivity index (χ3v) is 3.71. The minimum absolute atomic E-state index is 0.656. The van der Waals surface area contributed by atoms with Crippen molar-refractivity contribution < 1.29 is 0 Å². The Labute approximate surface area is 94.8 Å². The van der Waals surface area contributed by atoms with E-state index in [0.29, 0.717) is 6.04 Å². The summed E-state index contributed by atoms with van der Waals surface area (Å²) in [5, 5.41) is 4.59. The molecule has 1 aromatic heterocycles. The Morgan fingerprint density at radius 3 is 3.07 bits per heavy atom. The lowest BCUT2D eigenvalue weighted by Crippen LogP contribution is -2.35. The van der Waals surface area contributed by atoms with E-state index in [9.17, 15) is 0 Å². The van der Waals surface area contributed by atoms with Gasteiger partial charge in [-0.05, 0) is 31.5 Å². The summed E-state index contributed by atoms with van der Waals surface area (Å²) < 4.78 is 0. The molecule has 4 heteroatoms. The number of thioether (sulfide) groups is 1. The van der Waals surface area contributed by atoms with Gasteiger partial charge in [0.2, 0.25) is 0 Å². The van der Waals surface area contributed by atoms with E-state index in [4.69, 9.17) is 5.73 Å². The Morgan fingerprint density at radius 1 is 1.47 bits per heavy atom. The van der Waals surface area contributed by atoms with Crippen LogP contribution in [-0.2, 0) is 0 Å². The van der Waals surface area contributed by atoms with Crippen molar-refractivity contribution in [1.29, 1.82) is 0 Å². The van der Waals surface area contributed by atoms with E-state index in [1.54, 1.807) is 18.0 Å². The smallest absolute Gasteiger partial charge is 0.0962 e. The van der Waals surface area contributed by atoms with Gasteiger partial charge >= 0.3 is 0 Å². The van der Waals surface area contributed by atoms with Gasteiger partial charge in [0, 0.05) is 11.8 Å². The maximum atomic E-state index is 5.58. The molecule has 0 bridgehead atoms. The van der Waals surface area contributed by atoms with Crippen LogP contribution in [0, 0.1) is 0 Å². The Kier molecular flexibility index (Phi) is 3.86.